The van der Waals surface area contributed by atoms with E-state index in [0.717, 1.165) is 11.3 Å². The van der Waals surface area contributed by atoms with Crippen LogP contribution in [0.5, 0.6) is 5.75 Å². The maximum Gasteiger partial charge on any atom is 0.341 e. The van der Waals surface area contributed by atoms with Gasteiger partial charge in [-0.2, -0.15) is 0 Å². The lowest BCUT2D eigenvalue weighted by molar-refractivity contribution is 0.0596. The van der Waals surface area contributed by atoms with Gasteiger partial charge in [0.1, 0.15) is 11.3 Å². The highest BCUT2D eigenvalue weighted by Crippen LogP contribution is 2.41. The van der Waals surface area contributed by atoms with Gasteiger partial charge in [-0.25, -0.2) is 4.79 Å². The molecular formula is C20H21NO4. The van der Waals surface area contributed by atoms with Gasteiger partial charge in [0, 0.05) is 23.2 Å². The molecule has 1 amide bonds. The van der Waals surface area contributed by atoms with Crippen molar-refractivity contribution in [2.45, 2.75) is 19.3 Å². The number of amides is 1. The van der Waals surface area contributed by atoms with E-state index in [1.807, 2.05) is 18.2 Å². The number of rotatable bonds is 3. The number of hydrogen-bond acceptors (Lipinski definition) is 4. The van der Waals surface area contributed by atoms with Gasteiger partial charge in [-0.1, -0.05) is 32.0 Å². The zero-order chi connectivity index (χ0) is 18.2. The van der Waals surface area contributed by atoms with Crippen LogP contribution in [0.1, 0.15) is 40.1 Å². The zero-order valence-electron chi connectivity index (χ0n) is 14.8. The first kappa shape index (κ1) is 17.0. The van der Waals surface area contributed by atoms with Gasteiger partial charge in [0.05, 0.1) is 14.2 Å². The van der Waals surface area contributed by atoms with E-state index >= 15 is 0 Å². The lowest BCUT2D eigenvalue weighted by Crippen LogP contribution is -2.34. The number of carbonyl (C=O) groups is 2. The van der Waals surface area contributed by atoms with E-state index in [4.69, 9.17) is 9.47 Å². The zero-order valence-corrected chi connectivity index (χ0v) is 14.8. The van der Waals surface area contributed by atoms with Crippen LogP contribution in [0.4, 0.5) is 5.69 Å². The van der Waals surface area contributed by atoms with E-state index in [9.17, 15) is 9.59 Å². The van der Waals surface area contributed by atoms with Gasteiger partial charge >= 0.3 is 5.97 Å². The molecule has 2 aromatic rings. The summed E-state index contributed by atoms with van der Waals surface area (Å²) in [6.45, 7) is 4.85. The number of ether oxygens (including phenoxy) is 2. The summed E-state index contributed by atoms with van der Waals surface area (Å²) >= 11 is 0. The molecule has 0 saturated heterocycles. The summed E-state index contributed by atoms with van der Waals surface area (Å²) in [5, 5.41) is 0. The van der Waals surface area contributed by atoms with Gasteiger partial charge in [-0.3, -0.25) is 4.79 Å². The molecule has 5 nitrogen and oxygen atoms in total. The topological polar surface area (TPSA) is 55.8 Å². The van der Waals surface area contributed by atoms with Gasteiger partial charge in [-0.05, 0) is 29.8 Å². The summed E-state index contributed by atoms with van der Waals surface area (Å²) in [7, 11) is 2.77. The first-order chi connectivity index (χ1) is 11.9. The molecule has 0 saturated carbocycles. The number of para-hydroxylation sites is 1. The Morgan fingerprint density at radius 3 is 2.48 bits per heavy atom. The van der Waals surface area contributed by atoms with Gasteiger partial charge in [0.15, 0.2) is 0 Å². The van der Waals surface area contributed by atoms with Gasteiger partial charge in [-0.15, -0.1) is 0 Å². The van der Waals surface area contributed by atoms with Crippen molar-refractivity contribution in [2.24, 2.45) is 0 Å². The van der Waals surface area contributed by atoms with Crippen LogP contribution in [-0.2, 0) is 10.2 Å². The number of benzene rings is 2. The van der Waals surface area contributed by atoms with Crippen LogP contribution >= 0.6 is 0 Å². The van der Waals surface area contributed by atoms with Crippen molar-refractivity contribution in [2.75, 3.05) is 25.7 Å². The molecule has 0 N–H and O–H groups in total. The molecule has 0 atom stereocenters. The molecule has 0 spiro atoms. The van der Waals surface area contributed by atoms with Crippen LogP contribution in [0.25, 0.3) is 0 Å². The molecule has 130 valence electrons. The summed E-state index contributed by atoms with van der Waals surface area (Å²) in [6, 6.07) is 12.7. The molecule has 3 rings (SSSR count). The van der Waals surface area contributed by atoms with E-state index in [1.165, 1.54) is 14.2 Å². The maximum atomic E-state index is 13.1. The first-order valence-electron chi connectivity index (χ1n) is 8.07. The van der Waals surface area contributed by atoms with Crippen molar-refractivity contribution in [3.8, 4) is 5.75 Å². The number of nitrogens with zero attached hydrogens (tertiary/aromatic N) is 1. The molecule has 5 heteroatoms. The second-order valence-electron chi connectivity index (χ2n) is 6.70. The van der Waals surface area contributed by atoms with Crippen LogP contribution in [0, 0.1) is 0 Å². The van der Waals surface area contributed by atoms with Crippen molar-refractivity contribution in [1.82, 2.24) is 0 Å². The largest absolute Gasteiger partial charge is 0.496 e. The SMILES string of the molecule is COC(=O)c1ccc(C(=O)N2CC(C)(C)c3ccccc32)cc1OC. The number of carbonyl (C=O) groups excluding carboxylic acids is 2. The lowest BCUT2D eigenvalue weighted by Gasteiger charge is -2.21. The predicted molar refractivity (Wildman–Crippen MR) is 95.5 cm³/mol. The predicted octanol–water partition coefficient (Wildman–Crippen LogP) is 3.42. The van der Waals surface area contributed by atoms with E-state index in [-0.39, 0.29) is 11.3 Å². The molecule has 2 aromatic carbocycles. The minimum absolute atomic E-state index is 0.109. The Balaban J connectivity index is 1.99. The molecular weight excluding hydrogens is 318 g/mol. The van der Waals surface area contributed by atoms with Gasteiger partial charge < -0.3 is 14.4 Å². The third kappa shape index (κ3) is 2.86. The van der Waals surface area contributed by atoms with E-state index < -0.39 is 5.97 Å². The monoisotopic (exact) mass is 339 g/mol. The Morgan fingerprint density at radius 2 is 1.80 bits per heavy atom. The third-order valence-electron chi connectivity index (χ3n) is 4.58. The summed E-state index contributed by atoms with van der Waals surface area (Å²) in [4.78, 5) is 26.6. The fourth-order valence-electron chi connectivity index (χ4n) is 3.29. The summed E-state index contributed by atoms with van der Waals surface area (Å²) in [5.74, 6) is -0.291. The Morgan fingerprint density at radius 1 is 1.08 bits per heavy atom. The summed E-state index contributed by atoms with van der Waals surface area (Å²) in [5.41, 5.74) is 2.73. The number of methoxy groups -OCH3 is 2. The second kappa shape index (κ2) is 6.24. The lowest BCUT2D eigenvalue weighted by atomic mass is 9.87. The standard InChI is InChI=1S/C20H21NO4/c1-20(2)12-21(16-8-6-5-7-15(16)20)18(22)13-9-10-14(19(23)25-4)17(11-13)24-3/h5-11H,12H2,1-4H3. The average Bonchev–Trinajstić information content (AvgIpc) is 2.91. The minimum Gasteiger partial charge on any atom is -0.496 e. The molecule has 25 heavy (non-hydrogen) atoms. The maximum absolute atomic E-state index is 13.1. The van der Waals surface area contributed by atoms with Crippen molar-refractivity contribution < 1.29 is 19.1 Å². The van der Waals surface area contributed by atoms with Crippen molar-refractivity contribution >= 4 is 17.6 Å². The normalized spacial score (nSPS) is 14.8. The van der Waals surface area contributed by atoms with Crippen molar-refractivity contribution in [3.05, 3.63) is 59.2 Å². The Labute approximate surface area is 147 Å². The molecule has 0 radical (unpaired) electrons. The summed E-state index contributed by atoms with van der Waals surface area (Å²) in [6.07, 6.45) is 0. The van der Waals surface area contributed by atoms with E-state index in [0.29, 0.717) is 23.4 Å². The van der Waals surface area contributed by atoms with Crippen LogP contribution < -0.4 is 9.64 Å². The number of fused-ring (bicyclic) bond motifs is 1. The molecule has 0 bridgehead atoms. The second-order valence-corrected chi connectivity index (χ2v) is 6.70. The number of anilines is 1. The van der Waals surface area contributed by atoms with E-state index in [1.54, 1.807) is 23.1 Å². The van der Waals surface area contributed by atoms with Crippen LogP contribution in [0.15, 0.2) is 42.5 Å². The number of hydrogen-bond donors (Lipinski definition) is 0. The third-order valence-corrected chi connectivity index (χ3v) is 4.58. The van der Waals surface area contributed by atoms with Crippen LogP contribution in [0.2, 0.25) is 0 Å². The highest BCUT2D eigenvalue weighted by molar-refractivity contribution is 6.08. The molecule has 1 aliphatic rings. The molecule has 1 heterocycles. The minimum atomic E-state index is -0.497. The Bertz CT molecular complexity index is 841. The Hall–Kier alpha value is -2.82. The molecule has 0 aliphatic carbocycles. The quantitative estimate of drug-likeness (QED) is 0.804. The fourth-order valence-corrected chi connectivity index (χ4v) is 3.29. The first-order valence-corrected chi connectivity index (χ1v) is 8.07. The average molecular weight is 339 g/mol. The van der Waals surface area contributed by atoms with E-state index in [2.05, 4.69) is 19.9 Å². The van der Waals surface area contributed by atoms with Crippen molar-refractivity contribution in [3.63, 3.8) is 0 Å². The Kier molecular flexibility index (Phi) is 4.25. The smallest absolute Gasteiger partial charge is 0.341 e. The summed E-state index contributed by atoms with van der Waals surface area (Å²) < 4.78 is 10.00. The molecule has 0 aromatic heterocycles. The van der Waals surface area contributed by atoms with Crippen LogP contribution in [-0.4, -0.2) is 32.6 Å². The van der Waals surface area contributed by atoms with Crippen LogP contribution in [0.3, 0.4) is 0 Å². The highest BCUT2D eigenvalue weighted by atomic mass is 16.5. The van der Waals surface area contributed by atoms with Gasteiger partial charge in [0.2, 0.25) is 0 Å². The molecule has 0 unspecified atom stereocenters. The van der Waals surface area contributed by atoms with Gasteiger partial charge in [0.25, 0.3) is 5.91 Å². The molecule has 1 aliphatic heterocycles. The van der Waals surface area contributed by atoms with Crippen molar-refractivity contribution in [1.29, 1.82) is 0 Å². The fraction of sp³-hybridized carbons (Fsp3) is 0.300. The molecule has 0 fully saturated rings. The highest BCUT2D eigenvalue weighted by Gasteiger charge is 2.38. The number of esters is 1.